The Kier molecular flexibility index (Phi) is 1180. The average molecular weight is 595 g/mol. The number of hydrogen-bond acceptors (Lipinski definition) is 0. The summed E-state index contributed by atoms with van der Waals surface area (Å²) in [6.45, 7) is 0. The van der Waals surface area contributed by atoms with Crippen LogP contribution in [0.4, 0.5) is 0 Å². The molecular weight excluding hydrogens is 595 g/mol. The van der Waals surface area contributed by atoms with Gasteiger partial charge in [0.25, 0.3) is 0 Å². The Morgan fingerprint density at radius 3 is 0.400 bits per heavy atom. The van der Waals surface area contributed by atoms with Crippen LogP contribution in [0.3, 0.4) is 0 Å². The predicted molar refractivity (Wildman–Crippen MR) is 21.4 cm³/mol. The monoisotopic (exact) mass is 596 g/mol. The Balaban J connectivity index is 0. The van der Waals surface area contributed by atoms with Crippen LogP contribution in [0.15, 0.2) is 0 Å². The molecule has 0 aliphatic rings. The summed E-state index contributed by atoms with van der Waals surface area (Å²) in [5.74, 6) is 0. The summed E-state index contributed by atoms with van der Waals surface area (Å²) < 4.78 is 0. The van der Waals surface area contributed by atoms with Crippen LogP contribution in [-0.2, 0) is 53.9 Å². The van der Waals surface area contributed by atoms with E-state index in [9.17, 15) is 0 Å². The zero-order chi connectivity index (χ0) is 0. The molecule has 0 radical (unpaired) electrons. The molecule has 0 amide bonds. The maximum absolute atomic E-state index is 0. The molecule has 0 atom stereocenters. The topological polar surface area (TPSA) is 171 Å². The van der Waals surface area contributed by atoms with Crippen molar-refractivity contribution in [2.24, 2.45) is 0 Å². The third kappa shape index (κ3) is 76.7. The van der Waals surface area contributed by atoms with E-state index in [0.717, 1.165) is 0 Å². The predicted octanol–water partition coefficient (Wildman–Crippen LogP) is -1.86. The molecule has 0 bridgehead atoms. The molecule has 0 fully saturated rings. The smallest absolute Gasteiger partial charge is 2.00 e. The van der Waals surface area contributed by atoms with Crippen LogP contribution in [0.1, 0.15) is 0 Å². The van der Waals surface area contributed by atoms with Gasteiger partial charge in [-0.15, -0.1) is 0 Å². The summed E-state index contributed by atoms with van der Waals surface area (Å²) in [6.07, 6.45) is 0. The molecule has 0 aromatic carbocycles. The minimum Gasteiger partial charge on any atom is -2.00 e. The summed E-state index contributed by atoms with van der Waals surface area (Å²) in [5.41, 5.74) is 0. The molecule has 0 aliphatic carbocycles. The van der Waals surface area contributed by atoms with E-state index in [1.54, 1.807) is 0 Å². The van der Waals surface area contributed by atoms with E-state index in [4.69, 9.17) is 0 Å². The minimum atomic E-state index is 0. The maximum atomic E-state index is 0. The first-order valence-corrected chi connectivity index (χ1v) is 0. The second-order valence-electron chi connectivity index (χ2n) is 0. The van der Waals surface area contributed by atoms with Crippen molar-refractivity contribution in [1.82, 2.24) is 0 Å². The summed E-state index contributed by atoms with van der Waals surface area (Å²) in [6, 6.07) is 0. The normalized spacial score (nSPS) is 0. The van der Waals surface area contributed by atoms with E-state index in [1.807, 2.05) is 0 Å². The Labute approximate surface area is 184 Å². The number of rotatable bonds is 0. The van der Waals surface area contributed by atoms with Crippen molar-refractivity contribution in [2.45, 2.75) is 0 Å². The van der Waals surface area contributed by atoms with Crippen LogP contribution in [0.25, 0.3) is 0 Å². The van der Waals surface area contributed by atoms with E-state index in [0.29, 0.717) is 0 Å². The fraction of sp³-hybridized carbons (Fsp3) is 0. The second kappa shape index (κ2) is 97.2. The van der Waals surface area contributed by atoms with Gasteiger partial charge in [0.05, 0.1) is 0 Å². The van der Waals surface area contributed by atoms with Gasteiger partial charge in [-0.3, -0.25) is 0 Å². The molecule has 10 heavy (non-hydrogen) atoms. The van der Waals surface area contributed by atoms with Crippen molar-refractivity contribution in [3.05, 3.63) is 0 Å². The third-order valence-corrected chi connectivity index (χ3v) is 0. The van der Waals surface area contributed by atoms with Gasteiger partial charge >= 0.3 is 136 Å². The molecule has 0 rings (SSSR count). The summed E-state index contributed by atoms with van der Waals surface area (Å²) in [5, 5.41) is 0. The summed E-state index contributed by atoms with van der Waals surface area (Å²) in [4.78, 5) is 0. The van der Waals surface area contributed by atoms with Crippen LogP contribution < -0.4 is 0 Å². The van der Waals surface area contributed by atoms with Gasteiger partial charge in [0, 0.05) is 21.1 Å². The minimum absolute atomic E-state index is 0. The van der Waals surface area contributed by atoms with E-state index in [-0.39, 0.29) is 189 Å². The van der Waals surface area contributed by atoms with Crippen molar-refractivity contribution in [3.63, 3.8) is 0 Å². The first kappa shape index (κ1) is 121. The molecule has 0 N–H and O–H groups in total. The van der Waals surface area contributed by atoms with E-state index >= 15 is 0 Å². The van der Waals surface area contributed by atoms with Gasteiger partial charge in [0.2, 0.25) is 0 Å². The molecule has 0 saturated carbocycles. The van der Waals surface area contributed by atoms with Crippen molar-refractivity contribution in [3.8, 4) is 0 Å². The van der Waals surface area contributed by atoms with Gasteiger partial charge < -0.3 is 32.9 Å². The molecular formula is Ba2CaO6W-6. The van der Waals surface area contributed by atoms with Gasteiger partial charge in [0.15, 0.2) is 0 Å². The van der Waals surface area contributed by atoms with Crippen molar-refractivity contribution in [1.29, 1.82) is 0 Å². The standard InChI is InChI=1S/2Ba.Ca.6O.W/q3*+2;6*-2;. The first-order chi connectivity index (χ1) is 0. The van der Waals surface area contributed by atoms with Gasteiger partial charge in [-0.05, 0) is 0 Å². The van der Waals surface area contributed by atoms with Crippen molar-refractivity contribution >= 4 is 136 Å². The number of hydrogen-bond donors (Lipinski definition) is 0. The van der Waals surface area contributed by atoms with Crippen LogP contribution in [0, 0.1) is 0 Å². The van der Waals surface area contributed by atoms with Gasteiger partial charge in [0.1, 0.15) is 0 Å². The first-order valence-electron chi connectivity index (χ1n) is 0. The Hall–Kier alpha value is 4.85. The van der Waals surface area contributed by atoms with E-state index in [2.05, 4.69) is 0 Å². The van der Waals surface area contributed by atoms with Crippen LogP contribution in [0.5, 0.6) is 0 Å². The molecule has 54 valence electrons. The molecule has 0 heterocycles. The Morgan fingerprint density at radius 2 is 0.400 bits per heavy atom. The molecule has 0 saturated heterocycles. The fourth-order valence-corrected chi connectivity index (χ4v) is 0. The molecule has 0 aromatic rings. The largest absolute Gasteiger partial charge is 2.00 e. The molecule has 10 heteroatoms. The van der Waals surface area contributed by atoms with Crippen LogP contribution >= 0.6 is 0 Å². The zero-order valence-electron chi connectivity index (χ0n) is 4.98. The molecule has 0 unspecified atom stereocenters. The molecule has 6 nitrogen and oxygen atoms in total. The third-order valence-electron chi connectivity index (χ3n) is 0. The summed E-state index contributed by atoms with van der Waals surface area (Å²) >= 11 is 0. The average Bonchev–Trinajstić information content (AvgIpc) is 0. The van der Waals surface area contributed by atoms with E-state index < -0.39 is 0 Å². The quantitative estimate of drug-likeness (QED) is 0.287. The SMILES string of the molecule is [Ba+2].[Ba+2].[Ca+2].[O-2].[O-2].[O-2].[O-2].[O-2].[O-2].[W]. The van der Waals surface area contributed by atoms with Crippen molar-refractivity contribution in [2.75, 3.05) is 0 Å². The van der Waals surface area contributed by atoms with Gasteiger partial charge in [-0.2, -0.15) is 0 Å². The maximum Gasteiger partial charge on any atom is 2.00 e. The fourth-order valence-electron chi connectivity index (χ4n) is 0. The second-order valence-corrected chi connectivity index (χ2v) is 0. The van der Waals surface area contributed by atoms with E-state index in [1.165, 1.54) is 0 Å². The van der Waals surface area contributed by atoms with Crippen LogP contribution in [-0.4, -0.2) is 136 Å². The van der Waals surface area contributed by atoms with Gasteiger partial charge in [-0.1, -0.05) is 0 Å². The van der Waals surface area contributed by atoms with Crippen molar-refractivity contribution < 1.29 is 53.9 Å². The molecule has 0 spiro atoms. The molecule has 0 aliphatic heterocycles. The Bertz CT molecular complexity index is 15.7. The van der Waals surface area contributed by atoms with Gasteiger partial charge in [-0.25, -0.2) is 0 Å². The molecule has 0 aromatic heterocycles. The Morgan fingerprint density at radius 1 is 0.400 bits per heavy atom. The summed E-state index contributed by atoms with van der Waals surface area (Å²) in [7, 11) is 0. The van der Waals surface area contributed by atoms with Crippen LogP contribution in [0.2, 0.25) is 0 Å². The zero-order valence-corrected chi connectivity index (χ0v) is 19.0.